The van der Waals surface area contributed by atoms with Crippen LogP contribution in [-0.4, -0.2) is 39.4 Å². The molecule has 3 nitrogen and oxygen atoms in total. The van der Waals surface area contributed by atoms with Gasteiger partial charge in [-0.3, -0.25) is 0 Å². The summed E-state index contributed by atoms with van der Waals surface area (Å²) in [5, 5.41) is 3.38. The number of hydrogen-bond donors (Lipinski definition) is 1. The van der Waals surface area contributed by atoms with Crippen molar-refractivity contribution < 1.29 is 9.13 Å². The van der Waals surface area contributed by atoms with Gasteiger partial charge in [0, 0.05) is 19.6 Å². The van der Waals surface area contributed by atoms with Gasteiger partial charge in [-0.15, -0.1) is 0 Å². The number of hydrogen-bond acceptors (Lipinski definition) is 3. The highest BCUT2D eigenvalue weighted by Crippen LogP contribution is 2.28. The Balaban J connectivity index is 1.76. The molecule has 0 aromatic heterocycles. The SMILES string of the molecule is Fc1cc(C2CCCNC2)ccc1N1CCOCC1. The number of nitrogens with one attached hydrogen (secondary N) is 1. The maximum atomic E-state index is 14.3. The van der Waals surface area contributed by atoms with Crippen molar-refractivity contribution in [2.45, 2.75) is 18.8 Å². The average Bonchev–Trinajstić information content (AvgIpc) is 2.49. The van der Waals surface area contributed by atoms with Crippen LogP contribution >= 0.6 is 0 Å². The van der Waals surface area contributed by atoms with Crippen molar-refractivity contribution in [3.05, 3.63) is 29.6 Å². The van der Waals surface area contributed by atoms with Crippen molar-refractivity contribution in [2.75, 3.05) is 44.3 Å². The summed E-state index contributed by atoms with van der Waals surface area (Å²) in [6, 6.07) is 5.75. The van der Waals surface area contributed by atoms with Crippen molar-refractivity contribution in [2.24, 2.45) is 0 Å². The minimum absolute atomic E-state index is 0.0926. The molecule has 104 valence electrons. The van der Waals surface area contributed by atoms with E-state index in [4.69, 9.17) is 4.74 Å². The lowest BCUT2D eigenvalue weighted by molar-refractivity contribution is 0.122. The van der Waals surface area contributed by atoms with Crippen molar-refractivity contribution in [3.8, 4) is 0 Å². The van der Waals surface area contributed by atoms with Gasteiger partial charge < -0.3 is 15.0 Å². The van der Waals surface area contributed by atoms with Crippen LogP contribution in [0.1, 0.15) is 24.3 Å². The van der Waals surface area contributed by atoms with E-state index >= 15 is 0 Å². The Morgan fingerprint density at radius 1 is 1.26 bits per heavy atom. The summed E-state index contributed by atoms with van der Waals surface area (Å²) in [4.78, 5) is 2.07. The standard InChI is InChI=1S/C15H21FN2O/c16-14-10-12(13-2-1-5-17-11-13)3-4-15(14)18-6-8-19-9-7-18/h3-4,10,13,17H,1-2,5-9,11H2. The monoisotopic (exact) mass is 264 g/mol. The van der Waals surface area contributed by atoms with Gasteiger partial charge in [0.15, 0.2) is 0 Å². The third kappa shape index (κ3) is 2.90. The summed E-state index contributed by atoms with van der Waals surface area (Å²) in [7, 11) is 0. The molecule has 19 heavy (non-hydrogen) atoms. The lowest BCUT2D eigenvalue weighted by atomic mass is 9.91. The topological polar surface area (TPSA) is 24.5 Å². The largest absolute Gasteiger partial charge is 0.378 e. The fourth-order valence-electron chi connectivity index (χ4n) is 2.97. The van der Waals surface area contributed by atoms with E-state index in [1.54, 1.807) is 6.07 Å². The Hall–Kier alpha value is -1.13. The normalized spacial score (nSPS) is 24.5. The molecular weight excluding hydrogens is 243 g/mol. The molecule has 2 heterocycles. The zero-order chi connectivity index (χ0) is 13.1. The van der Waals surface area contributed by atoms with Gasteiger partial charge in [-0.1, -0.05) is 6.07 Å². The Morgan fingerprint density at radius 2 is 2.11 bits per heavy atom. The van der Waals surface area contributed by atoms with E-state index in [0.29, 0.717) is 19.1 Å². The molecule has 2 aliphatic heterocycles. The van der Waals surface area contributed by atoms with Crippen LogP contribution in [0.25, 0.3) is 0 Å². The van der Waals surface area contributed by atoms with Crippen LogP contribution in [-0.2, 0) is 4.74 Å². The maximum Gasteiger partial charge on any atom is 0.146 e. The molecule has 1 atom stereocenters. The van der Waals surface area contributed by atoms with Crippen LogP contribution in [0.3, 0.4) is 0 Å². The van der Waals surface area contributed by atoms with Crippen LogP contribution < -0.4 is 10.2 Å². The van der Waals surface area contributed by atoms with E-state index in [-0.39, 0.29) is 5.82 Å². The Bertz CT molecular complexity index is 426. The quantitative estimate of drug-likeness (QED) is 0.885. The Labute approximate surface area is 113 Å². The van der Waals surface area contributed by atoms with E-state index in [2.05, 4.69) is 16.3 Å². The molecule has 2 fully saturated rings. The van der Waals surface area contributed by atoms with Gasteiger partial charge in [0.2, 0.25) is 0 Å². The van der Waals surface area contributed by atoms with E-state index in [1.165, 1.54) is 6.42 Å². The summed E-state index contributed by atoms with van der Waals surface area (Å²) in [5.74, 6) is 0.368. The molecule has 0 bridgehead atoms. The van der Waals surface area contributed by atoms with Crippen molar-refractivity contribution in [3.63, 3.8) is 0 Å². The minimum Gasteiger partial charge on any atom is -0.378 e. The fraction of sp³-hybridized carbons (Fsp3) is 0.600. The van der Waals surface area contributed by atoms with Crippen molar-refractivity contribution in [1.29, 1.82) is 0 Å². The van der Waals surface area contributed by atoms with Gasteiger partial charge >= 0.3 is 0 Å². The molecule has 1 N–H and O–H groups in total. The molecular formula is C15H21FN2O. The van der Waals surface area contributed by atoms with Gasteiger partial charge in [-0.25, -0.2) is 4.39 Å². The number of piperidine rings is 1. The smallest absolute Gasteiger partial charge is 0.146 e. The number of rotatable bonds is 2. The highest BCUT2D eigenvalue weighted by Gasteiger charge is 2.19. The molecule has 0 aliphatic carbocycles. The second kappa shape index (κ2) is 5.88. The maximum absolute atomic E-state index is 14.3. The van der Waals surface area contributed by atoms with Crippen LogP contribution in [0.2, 0.25) is 0 Å². The first-order chi connectivity index (χ1) is 9.34. The summed E-state index contributed by atoms with van der Waals surface area (Å²) >= 11 is 0. The minimum atomic E-state index is -0.0926. The summed E-state index contributed by atoms with van der Waals surface area (Å²) in [6.07, 6.45) is 2.33. The first-order valence-corrected chi connectivity index (χ1v) is 7.17. The highest BCUT2D eigenvalue weighted by atomic mass is 19.1. The predicted molar refractivity (Wildman–Crippen MR) is 74.3 cm³/mol. The molecule has 1 unspecified atom stereocenters. The van der Waals surface area contributed by atoms with E-state index in [0.717, 1.165) is 43.9 Å². The van der Waals surface area contributed by atoms with Gasteiger partial charge in [-0.2, -0.15) is 0 Å². The molecule has 0 radical (unpaired) electrons. The number of nitrogens with zero attached hydrogens (tertiary/aromatic N) is 1. The first kappa shape index (κ1) is 12.9. The number of benzene rings is 1. The first-order valence-electron chi connectivity index (χ1n) is 7.17. The molecule has 0 saturated carbocycles. The average molecular weight is 264 g/mol. The zero-order valence-corrected chi connectivity index (χ0v) is 11.2. The molecule has 0 spiro atoms. The molecule has 1 aromatic carbocycles. The second-order valence-corrected chi connectivity index (χ2v) is 5.35. The van der Waals surface area contributed by atoms with Gasteiger partial charge in [0.1, 0.15) is 5.82 Å². The molecule has 0 amide bonds. The van der Waals surface area contributed by atoms with Gasteiger partial charge in [-0.05, 0) is 43.0 Å². The fourth-order valence-corrected chi connectivity index (χ4v) is 2.97. The number of ether oxygens (including phenoxy) is 1. The van der Waals surface area contributed by atoms with Crippen LogP contribution in [0.4, 0.5) is 10.1 Å². The summed E-state index contributed by atoms with van der Waals surface area (Å²) in [5.41, 5.74) is 1.84. The second-order valence-electron chi connectivity index (χ2n) is 5.35. The number of morpholine rings is 1. The molecule has 2 saturated heterocycles. The third-order valence-corrected chi connectivity index (χ3v) is 4.09. The molecule has 2 aliphatic rings. The predicted octanol–water partition coefficient (Wildman–Crippen LogP) is 2.13. The Morgan fingerprint density at radius 3 is 2.79 bits per heavy atom. The van der Waals surface area contributed by atoms with E-state index in [9.17, 15) is 4.39 Å². The van der Waals surface area contributed by atoms with Gasteiger partial charge in [0.05, 0.1) is 18.9 Å². The van der Waals surface area contributed by atoms with Crippen molar-refractivity contribution in [1.82, 2.24) is 5.32 Å². The Kier molecular flexibility index (Phi) is 3.99. The van der Waals surface area contributed by atoms with Gasteiger partial charge in [0.25, 0.3) is 0 Å². The van der Waals surface area contributed by atoms with Crippen LogP contribution in [0, 0.1) is 5.82 Å². The lowest BCUT2D eigenvalue weighted by Crippen LogP contribution is -2.36. The molecule has 1 aromatic rings. The molecule has 4 heteroatoms. The number of halogens is 1. The van der Waals surface area contributed by atoms with Crippen LogP contribution in [0.15, 0.2) is 18.2 Å². The van der Waals surface area contributed by atoms with Crippen LogP contribution in [0.5, 0.6) is 0 Å². The summed E-state index contributed by atoms with van der Waals surface area (Å²) in [6.45, 7) is 4.99. The summed E-state index contributed by atoms with van der Waals surface area (Å²) < 4.78 is 19.6. The lowest BCUT2D eigenvalue weighted by Gasteiger charge is -2.30. The zero-order valence-electron chi connectivity index (χ0n) is 11.2. The number of anilines is 1. The van der Waals surface area contributed by atoms with E-state index in [1.807, 2.05) is 6.07 Å². The highest BCUT2D eigenvalue weighted by molar-refractivity contribution is 5.50. The molecule has 3 rings (SSSR count). The third-order valence-electron chi connectivity index (χ3n) is 4.09. The van der Waals surface area contributed by atoms with E-state index < -0.39 is 0 Å². The van der Waals surface area contributed by atoms with Crippen molar-refractivity contribution >= 4 is 5.69 Å².